The highest BCUT2D eigenvalue weighted by molar-refractivity contribution is 5.88. The molecule has 0 bridgehead atoms. The van der Waals surface area contributed by atoms with Gasteiger partial charge < -0.3 is 9.47 Å². The van der Waals surface area contributed by atoms with E-state index in [0.29, 0.717) is 5.75 Å². The molecule has 5 rings (SSSR count). The molecule has 1 amide bonds. The maximum absolute atomic E-state index is 12.9. The van der Waals surface area contributed by atoms with Crippen LogP contribution in [0.4, 0.5) is 0 Å². The van der Waals surface area contributed by atoms with Crippen molar-refractivity contribution >= 4 is 12.1 Å². The van der Waals surface area contributed by atoms with E-state index < -0.39 is 0 Å². The van der Waals surface area contributed by atoms with Gasteiger partial charge in [-0.2, -0.15) is 5.10 Å². The van der Waals surface area contributed by atoms with Gasteiger partial charge in [0.1, 0.15) is 0 Å². The van der Waals surface area contributed by atoms with Gasteiger partial charge in [0, 0.05) is 5.41 Å². The third-order valence-corrected chi connectivity index (χ3v) is 5.64. The van der Waals surface area contributed by atoms with Crippen molar-refractivity contribution in [2.24, 2.45) is 11.0 Å². The number of hydrazone groups is 1. The molecule has 0 spiro atoms. The SMILES string of the molecule is O=C(N/N=C\c1ccc2c(c1)OCO2)C1CC1(c1ccccc1)c1ccccc1. The third-order valence-electron chi connectivity index (χ3n) is 5.64. The van der Waals surface area contributed by atoms with Crippen molar-refractivity contribution in [3.63, 3.8) is 0 Å². The summed E-state index contributed by atoms with van der Waals surface area (Å²) in [7, 11) is 0. The standard InChI is InChI=1S/C24H20N2O3/c27-23(26-25-15-17-11-12-21-22(13-17)29-16-28-21)20-14-24(20,18-7-3-1-4-8-18)19-9-5-2-6-10-19/h1-13,15,20H,14,16H2,(H,26,27)/b25-15-. The highest BCUT2D eigenvalue weighted by Gasteiger charge is 2.60. The molecule has 5 nitrogen and oxygen atoms in total. The molecule has 3 aromatic carbocycles. The number of fused-ring (bicyclic) bond motifs is 1. The van der Waals surface area contributed by atoms with Gasteiger partial charge in [0.15, 0.2) is 11.5 Å². The fraction of sp³-hybridized carbons (Fsp3) is 0.167. The van der Waals surface area contributed by atoms with Crippen LogP contribution in [0.5, 0.6) is 11.5 Å². The molecule has 0 radical (unpaired) electrons. The molecule has 1 fully saturated rings. The summed E-state index contributed by atoms with van der Waals surface area (Å²) < 4.78 is 10.7. The molecule has 1 saturated carbocycles. The lowest BCUT2D eigenvalue weighted by Gasteiger charge is -2.18. The number of nitrogens with zero attached hydrogens (tertiary/aromatic N) is 1. The summed E-state index contributed by atoms with van der Waals surface area (Å²) in [6.45, 7) is 0.232. The summed E-state index contributed by atoms with van der Waals surface area (Å²) in [5.41, 5.74) is 5.58. The second kappa shape index (κ2) is 7.09. The molecule has 144 valence electrons. The average molecular weight is 384 g/mol. The first-order valence-electron chi connectivity index (χ1n) is 9.61. The van der Waals surface area contributed by atoms with Gasteiger partial charge in [0.25, 0.3) is 0 Å². The first-order valence-corrected chi connectivity index (χ1v) is 9.61. The monoisotopic (exact) mass is 384 g/mol. The summed E-state index contributed by atoms with van der Waals surface area (Å²) in [4.78, 5) is 12.9. The van der Waals surface area contributed by atoms with Crippen LogP contribution in [0.3, 0.4) is 0 Å². The van der Waals surface area contributed by atoms with E-state index in [2.05, 4.69) is 34.8 Å². The van der Waals surface area contributed by atoms with E-state index in [-0.39, 0.29) is 24.0 Å². The molecule has 1 aliphatic heterocycles. The van der Waals surface area contributed by atoms with Gasteiger partial charge in [-0.3, -0.25) is 4.79 Å². The van der Waals surface area contributed by atoms with Crippen molar-refractivity contribution in [3.05, 3.63) is 95.6 Å². The van der Waals surface area contributed by atoms with Crippen molar-refractivity contribution in [2.75, 3.05) is 6.79 Å². The lowest BCUT2D eigenvalue weighted by molar-refractivity contribution is -0.122. The lowest BCUT2D eigenvalue weighted by Crippen LogP contribution is -2.25. The number of amides is 1. The topological polar surface area (TPSA) is 59.9 Å². The molecule has 2 aliphatic rings. The van der Waals surface area contributed by atoms with Crippen molar-refractivity contribution < 1.29 is 14.3 Å². The minimum Gasteiger partial charge on any atom is -0.454 e. The van der Waals surface area contributed by atoms with E-state index in [9.17, 15) is 4.79 Å². The Kier molecular flexibility index (Phi) is 4.28. The van der Waals surface area contributed by atoms with Crippen LogP contribution in [0.15, 0.2) is 84.0 Å². The van der Waals surface area contributed by atoms with E-state index in [1.54, 1.807) is 6.21 Å². The zero-order valence-electron chi connectivity index (χ0n) is 15.7. The number of nitrogens with one attached hydrogen (secondary N) is 1. The zero-order valence-corrected chi connectivity index (χ0v) is 15.7. The van der Waals surface area contributed by atoms with Gasteiger partial charge in [-0.15, -0.1) is 0 Å². The molecule has 1 unspecified atom stereocenters. The summed E-state index contributed by atoms with van der Waals surface area (Å²) in [5, 5.41) is 4.16. The zero-order chi connectivity index (χ0) is 19.7. The number of benzene rings is 3. The van der Waals surface area contributed by atoms with Crippen LogP contribution in [0.1, 0.15) is 23.1 Å². The Morgan fingerprint density at radius 3 is 2.28 bits per heavy atom. The number of carbonyl (C=O) groups excluding carboxylic acids is 1. The molecule has 0 aromatic heterocycles. The van der Waals surface area contributed by atoms with Crippen molar-refractivity contribution in [1.29, 1.82) is 0 Å². The van der Waals surface area contributed by atoms with Crippen molar-refractivity contribution in [2.45, 2.75) is 11.8 Å². The molecule has 0 saturated heterocycles. The van der Waals surface area contributed by atoms with Crippen LogP contribution in [-0.4, -0.2) is 18.9 Å². The van der Waals surface area contributed by atoms with E-state index in [1.165, 1.54) is 0 Å². The summed E-state index contributed by atoms with van der Waals surface area (Å²) in [6, 6.07) is 26.0. The molecule has 3 aromatic rings. The summed E-state index contributed by atoms with van der Waals surface area (Å²) >= 11 is 0. The lowest BCUT2D eigenvalue weighted by atomic mass is 9.85. The predicted molar refractivity (Wildman–Crippen MR) is 110 cm³/mol. The number of ether oxygens (including phenoxy) is 2. The van der Waals surface area contributed by atoms with Crippen LogP contribution in [0, 0.1) is 5.92 Å². The fourth-order valence-electron chi connectivity index (χ4n) is 4.10. The molecule has 1 heterocycles. The normalized spacial score (nSPS) is 18.6. The van der Waals surface area contributed by atoms with E-state index in [1.807, 2.05) is 54.6 Å². The quantitative estimate of drug-likeness (QED) is 0.537. The molecule has 1 aliphatic carbocycles. The largest absolute Gasteiger partial charge is 0.454 e. The van der Waals surface area contributed by atoms with Gasteiger partial charge in [-0.25, -0.2) is 5.43 Å². The minimum absolute atomic E-state index is 0.0744. The van der Waals surface area contributed by atoms with E-state index in [4.69, 9.17) is 9.47 Å². The Balaban J connectivity index is 1.33. The Morgan fingerprint density at radius 2 is 1.59 bits per heavy atom. The second-order valence-corrected chi connectivity index (χ2v) is 7.31. The number of hydrogen-bond donors (Lipinski definition) is 1. The van der Waals surface area contributed by atoms with Gasteiger partial charge >= 0.3 is 0 Å². The highest BCUT2D eigenvalue weighted by Crippen LogP contribution is 2.58. The Bertz CT molecular complexity index is 1020. The van der Waals surface area contributed by atoms with E-state index in [0.717, 1.165) is 28.9 Å². The average Bonchev–Trinajstić information content (AvgIpc) is 3.38. The van der Waals surface area contributed by atoms with Gasteiger partial charge in [-0.1, -0.05) is 60.7 Å². The van der Waals surface area contributed by atoms with Gasteiger partial charge in [0.05, 0.1) is 12.1 Å². The summed E-state index contributed by atoms with van der Waals surface area (Å²) in [6.07, 6.45) is 2.39. The molecule has 1 atom stereocenters. The van der Waals surface area contributed by atoms with Crippen LogP contribution in [0.2, 0.25) is 0 Å². The number of hydrogen-bond acceptors (Lipinski definition) is 4. The number of rotatable bonds is 5. The maximum Gasteiger partial charge on any atom is 0.244 e. The fourth-order valence-corrected chi connectivity index (χ4v) is 4.10. The van der Waals surface area contributed by atoms with Gasteiger partial charge in [0.2, 0.25) is 12.7 Å². The first kappa shape index (κ1) is 17.5. The molecule has 1 N–H and O–H groups in total. The smallest absolute Gasteiger partial charge is 0.244 e. The third kappa shape index (κ3) is 3.14. The Morgan fingerprint density at radius 1 is 0.931 bits per heavy atom. The highest BCUT2D eigenvalue weighted by atomic mass is 16.7. The molecule has 5 heteroatoms. The van der Waals surface area contributed by atoms with Crippen LogP contribution >= 0.6 is 0 Å². The predicted octanol–water partition coefficient (Wildman–Crippen LogP) is 3.87. The Labute approximate surface area is 169 Å². The maximum atomic E-state index is 12.9. The van der Waals surface area contributed by atoms with Crippen molar-refractivity contribution in [3.8, 4) is 11.5 Å². The van der Waals surface area contributed by atoms with Crippen LogP contribution in [-0.2, 0) is 10.2 Å². The molecule has 29 heavy (non-hydrogen) atoms. The minimum atomic E-state index is -0.291. The van der Waals surface area contributed by atoms with Crippen LogP contribution in [0.25, 0.3) is 0 Å². The van der Waals surface area contributed by atoms with E-state index >= 15 is 0 Å². The van der Waals surface area contributed by atoms with Crippen LogP contribution < -0.4 is 14.9 Å². The number of carbonyl (C=O) groups is 1. The molecular weight excluding hydrogens is 364 g/mol. The van der Waals surface area contributed by atoms with Gasteiger partial charge in [-0.05, 0) is 41.3 Å². The Hall–Kier alpha value is -3.60. The van der Waals surface area contributed by atoms with Crippen molar-refractivity contribution in [1.82, 2.24) is 5.43 Å². The second-order valence-electron chi connectivity index (χ2n) is 7.31. The molecular formula is C24H20N2O3. The summed E-state index contributed by atoms with van der Waals surface area (Å²) in [5.74, 6) is 1.19. The first-order chi connectivity index (χ1) is 14.3.